The van der Waals surface area contributed by atoms with Crippen LogP contribution in [0, 0.1) is 0 Å². The normalized spacial score (nSPS) is 28.3. The highest BCUT2D eigenvalue weighted by molar-refractivity contribution is 8.00. The Morgan fingerprint density at radius 1 is 1.11 bits per heavy atom. The summed E-state index contributed by atoms with van der Waals surface area (Å²) in [7, 11) is 0. The van der Waals surface area contributed by atoms with E-state index in [9.17, 15) is 0 Å². The zero-order chi connectivity index (χ0) is 6.91. The molecule has 0 radical (unpaired) electrons. The molecule has 0 N–H and O–H groups in total. The van der Waals surface area contributed by atoms with Gasteiger partial charge in [-0.25, -0.2) is 0 Å². The lowest BCUT2D eigenvalue weighted by Crippen LogP contribution is -2.22. The third-order valence-corrected chi connectivity index (χ3v) is 3.17. The predicted molar refractivity (Wildman–Crippen MR) is 51.9 cm³/mol. The molecule has 0 amide bonds. The second-order valence-electron chi connectivity index (χ2n) is 2.71. The Bertz CT molecular complexity index is 90.5. The summed E-state index contributed by atoms with van der Waals surface area (Å²) >= 11 is 13.1. The molecule has 0 spiro atoms. The van der Waals surface area contributed by atoms with E-state index in [-0.39, 0.29) is 4.08 Å². The number of thiol groups is 3. The van der Waals surface area contributed by atoms with E-state index < -0.39 is 0 Å². The molecule has 0 aromatic heterocycles. The van der Waals surface area contributed by atoms with Gasteiger partial charge in [0.2, 0.25) is 0 Å². The van der Waals surface area contributed by atoms with Gasteiger partial charge in [0.15, 0.2) is 0 Å². The Morgan fingerprint density at radius 2 is 1.56 bits per heavy atom. The summed E-state index contributed by atoms with van der Waals surface area (Å²) in [4.78, 5) is 0. The van der Waals surface area contributed by atoms with Crippen LogP contribution in [-0.4, -0.2) is 9.33 Å². The Kier molecular flexibility index (Phi) is 2.69. The van der Waals surface area contributed by atoms with Crippen LogP contribution >= 0.6 is 37.9 Å². The minimum absolute atomic E-state index is 0.000764. The summed E-state index contributed by atoms with van der Waals surface area (Å²) in [5, 5.41) is 0.595. The van der Waals surface area contributed by atoms with Gasteiger partial charge in [0.25, 0.3) is 0 Å². The largest absolute Gasteiger partial charge is 0.176 e. The fourth-order valence-corrected chi connectivity index (χ4v) is 1.84. The topological polar surface area (TPSA) is 0 Å². The van der Waals surface area contributed by atoms with Crippen molar-refractivity contribution in [2.75, 3.05) is 0 Å². The molecule has 1 aliphatic carbocycles. The van der Waals surface area contributed by atoms with Crippen molar-refractivity contribution in [2.45, 2.75) is 35.0 Å². The van der Waals surface area contributed by atoms with Crippen molar-refractivity contribution in [1.29, 1.82) is 0 Å². The molecule has 0 bridgehead atoms. The van der Waals surface area contributed by atoms with E-state index in [4.69, 9.17) is 0 Å². The van der Waals surface area contributed by atoms with Crippen LogP contribution < -0.4 is 0 Å². The van der Waals surface area contributed by atoms with Gasteiger partial charge in [0.1, 0.15) is 0 Å². The van der Waals surface area contributed by atoms with E-state index in [0.29, 0.717) is 5.25 Å². The third-order valence-electron chi connectivity index (χ3n) is 1.76. The van der Waals surface area contributed by atoms with Gasteiger partial charge in [-0.3, -0.25) is 0 Å². The molecular weight excluding hydrogens is 168 g/mol. The maximum Gasteiger partial charge on any atom is 0.0552 e. The molecule has 0 saturated heterocycles. The SMILES string of the molecule is SC1CCC(S)(S)CC1. The van der Waals surface area contributed by atoms with Crippen molar-refractivity contribution in [3.63, 3.8) is 0 Å². The first-order chi connectivity index (χ1) is 4.10. The van der Waals surface area contributed by atoms with E-state index in [0.717, 1.165) is 25.7 Å². The van der Waals surface area contributed by atoms with Gasteiger partial charge in [0.05, 0.1) is 4.08 Å². The first-order valence-electron chi connectivity index (χ1n) is 3.23. The van der Waals surface area contributed by atoms with Crippen molar-refractivity contribution in [2.24, 2.45) is 0 Å². The standard InChI is InChI=1S/C6H12S3/c7-5-1-3-6(8,9)4-2-5/h5,7-9H,1-4H2. The maximum atomic E-state index is 4.39. The molecule has 0 aliphatic heterocycles. The Labute approximate surface area is 73.0 Å². The fraction of sp³-hybridized carbons (Fsp3) is 1.00. The predicted octanol–water partition coefficient (Wildman–Crippen LogP) is 2.41. The molecule has 0 aromatic rings. The van der Waals surface area contributed by atoms with Gasteiger partial charge in [0, 0.05) is 5.25 Å². The molecule has 0 atom stereocenters. The van der Waals surface area contributed by atoms with Crippen LogP contribution in [-0.2, 0) is 0 Å². The summed E-state index contributed by atoms with van der Waals surface area (Å²) in [6, 6.07) is 0. The van der Waals surface area contributed by atoms with E-state index in [1.165, 1.54) is 0 Å². The van der Waals surface area contributed by atoms with Gasteiger partial charge in [-0.1, -0.05) is 0 Å². The number of hydrogen-bond acceptors (Lipinski definition) is 3. The molecule has 3 heteroatoms. The minimum Gasteiger partial charge on any atom is -0.176 e. The lowest BCUT2D eigenvalue weighted by atomic mass is 9.99. The van der Waals surface area contributed by atoms with Crippen LogP contribution in [0.1, 0.15) is 25.7 Å². The molecule has 54 valence electrons. The second kappa shape index (κ2) is 2.97. The zero-order valence-corrected chi connectivity index (χ0v) is 7.93. The summed E-state index contributed by atoms with van der Waals surface area (Å²) < 4.78 is -0.000764. The monoisotopic (exact) mass is 180 g/mol. The van der Waals surface area contributed by atoms with Gasteiger partial charge in [-0.05, 0) is 25.7 Å². The molecule has 1 saturated carbocycles. The van der Waals surface area contributed by atoms with E-state index in [1.807, 2.05) is 0 Å². The van der Waals surface area contributed by atoms with Crippen molar-refractivity contribution in [1.82, 2.24) is 0 Å². The van der Waals surface area contributed by atoms with E-state index >= 15 is 0 Å². The van der Waals surface area contributed by atoms with Crippen molar-refractivity contribution < 1.29 is 0 Å². The number of hydrogen-bond donors (Lipinski definition) is 3. The molecule has 0 heterocycles. The molecule has 1 aliphatic rings. The summed E-state index contributed by atoms with van der Waals surface area (Å²) in [6.07, 6.45) is 4.51. The van der Waals surface area contributed by atoms with E-state index in [1.54, 1.807) is 0 Å². The van der Waals surface area contributed by atoms with Crippen LogP contribution in [0.15, 0.2) is 0 Å². The highest BCUT2D eigenvalue weighted by Gasteiger charge is 2.26. The molecule has 0 nitrogen and oxygen atoms in total. The summed E-state index contributed by atoms with van der Waals surface area (Å²) in [5.41, 5.74) is 0. The summed E-state index contributed by atoms with van der Waals surface area (Å²) in [6.45, 7) is 0. The van der Waals surface area contributed by atoms with Crippen LogP contribution in [0.3, 0.4) is 0 Å². The maximum absolute atomic E-state index is 4.39. The van der Waals surface area contributed by atoms with Crippen LogP contribution in [0.4, 0.5) is 0 Å². The summed E-state index contributed by atoms with van der Waals surface area (Å²) in [5.74, 6) is 0. The lowest BCUT2D eigenvalue weighted by Gasteiger charge is -2.30. The van der Waals surface area contributed by atoms with Crippen molar-refractivity contribution in [3.05, 3.63) is 0 Å². The van der Waals surface area contributed by atoms with Crippen molar-refractivity contribution >= 4 is 37.9 Å². The first kappa shape index (κ1) is 8.15. The van der Waals surface area contributed by atoms with Crippen molar-refractivity contribution in [3.8, 4) is 0 Å². The molecular formula is C6H12S3. The fourth-order valence-electron chi connectivity index (χ4n) is 1.06. The Morgan fingerprint density at radius 3 is 1.89 bits per heavy atom. The van der Waals surface area contributed by atoms with Crippen LogP contribution in [0.2, 0.25) is 0 Å². The molecule has 1 fully saturated rings. The van der Waals surface area contributed by atoms with Crippen LogP contribution in [0.5, 0.6) is 0 Å². The molecule has 0 unspecified atom stereocenters. The molecule has 9 heavy (non-hydrogen) atoms. The average Bonchev–Trinajstić information content (AvgIpc) is 1.78. The van der Waals surface area contributed by atoms with Gasteiger partial charge in [-0.2, -0.15) is 37.9 Å². The average molecular weight is 180 g/mol. The van der Waals surface area contributed by atoms with Crippen LogP contribution in [0.25, 0.3) is 0 Å². The number of rotatable bonds is 0. The first-order valence-corrected chi connectivity index (χ1v) is 4.64. The highest BCUT2D eigenvalue weighted by Crippen LogP contribution is 2.38. The van der Waals surface area contributed by atoms with E-state index in [2.05, 4.69) is 37.9 Å². The lowest BCUT2D eigenvalue weighted by molar-refractivity contribution is 0.508. The minimum atomic E-state index is -0.000764. The van der Waals surface area contributed by atoms with Gasteiger partial charge >= 0.3 is 0 Å². The smallest absolute Gasteiger partial charge is 0.0552 e. The third kappa shape index (κ3) is 2.64. The molecule has 1 rings (SSSR count). The zero-order valence-electron chi connectivity index (χ0n) is 5.25. The molecule has 0 aromatic carbocycles. The van der Waals surface area contributed by atoms with Gasteiger partial charge < -0.3 is 0 Å². The van der Waals surface area contributed by atoms with Gasteiger partial charge in [-0.15, -0.1) is 0 Å². The highest BCUT2D eigenvalue weighted by atomic mass is 32.2. The second-order valence-corrected chi connectivity index (χ2v) is 5.51. The quantitative estimate of drug-likeness (QED) is 0.370. The Balaban J connectivity index is 2.35. The Hall–Kier alpha value is 1.05.